The number of carbonyl (C=O) groups is 1. The van der Waals surface area contributed by atoms with Crippen LogP contribution < -0.4 is 0 Å². The van der Waals surface area contributed by atoms with E-state index in [-0.39, 0.29) is 11.3 Å². The summed E-state index contributed by atoms with van der Waals surface area (Å²) in [5, 5.41) is 29.5. The molecule has 2 unspecified atom stereocenters. The van der Waals surface area contributed by atoms with Gasteiger partial charge in [-0.15, -0.1) is 0 Å². The first-order valence-corrected chi connectivity index (χ1v) is 5.84. The third kappa shape index (κ3) is 2.81. The summed E-state index contributed by atoms with van der Waals surface area (Å²) in [4.78, 5) is 12.0. The summed E-state index contributed by atoms with van der Waals surface area (Å²) in [7, 11) is 0. The summed E-state index contributed by atoms with van der Waals surface area (Å²) in [6.45, 7) is 0. The third-order valence-electron chi connectivity index (χ3n) is 2.88. The quantitative estimate of drug-likeness (QED) is 0.729. The Kier molecular flexibility index (Phi) is 3.94. The van der Waals surface area contributed by atoms with Crippen LogP contribution in [0.15, 0.2) is 54.6 Å². The molecule has 0 aliphatic heterocycles. The summed E-state index contributed by atoms with van der Waals surface area (Å²) in [5.41, 5.74) is 0.434. The molecule has 3 N–H and O–H groups in total. The van der Waals surface area contributed by atoms with Crippen LogP contribution in [-0.2, 0) is 0 Å². The lowest BCUT2D eigenvalue weighted by molar-refractivity contribution is 0.0195. The van der Waals surface area contributed by atoms with Crippen LogP contribution in [0.1, 0.15) is 22.0 Å². The number of aliphatic hydroxyl groups excluding tert-OH is 2. The molecular formula is C15H14O4. The minimum absolute atomic E-state index is 0.124. The van der Waals surface area contributed by atoms with Crippen molar-refractivity contribution in [2.24, 2.45) is 0 Å². The monoisotopic (exact) mass is 258 g/mol. The topological polar surface area (TPSA) is 77.8 Å². The molecule has 0 aliphatic rings. The molecule has 4 nitrogen and oxygen atoms in total. The number of benzene rings is 2. The lowest BCUT2D eigenvalue weighted by atomic mass is 9.97. The fraction of sp³-hybridized carbons (Fsp3) is 0.133. The van der Waals surface area contributed by atoms with Gasteiger partial charge in [-0.2, -0.15) is 0 Å². The van der Waals surface area contributed by atoms with Crippen LogP contribution in [-0.4, -0.2) is 27.2 Å². The van der Waals surface area contributed by atoms with Gasteiger partial charge in [0.15, 0.2) is 5.78 Å². The molecule has 19 heavy (non-hydrogen) atoms. The molecule has 0 saturated heterocycles. The Hall–Kier alpha value is -2.17. The van der Waals surface area contributed by atoms with E-state index in [1.807, 2.05) is 0 Å². The Morgan fingerprint density at radius 1 is 0.895 bits per heavy atom. The maximum Gasteiger partial charge on any atom is 0.194 e. The highest BCUT2D eigenvalue weighted by Gasteiger charge is 2.28. The number of aromatic hydroxyl groups is 1. The number of Topliss-reactive ketones (excluding diaryl/α,β-unsaturated/α-hetero) is 1. The number of phenolic OH excluding ortho intramolecular Hbond substituents is 1. The summed E-state index contributed by atoms with van der Waals surface area (Å²) in [6, 6.07) is 14.3. The summed E-state index contributed by atoms with van der Waals surface area (Å²) >= 11 is 0. The van der Waals surface area contributed by atoms with Crippen LogP contribution in [0.3, 0.4) is 0 Å². The first-order valence-electron chi connectivity index (χ1n) is 5.84. The molecular weight excluding hydrogens is 244 g/mol. The van der Waals surface area contributed by atoms with Gasteiger partial charge in [0.1, 0.15) is 18.0 Å². The molecule has 0 bridgehead atoms. The first kappa shape index (κ1) is 13.3. The highest BCUT2D eigenvalue weighted by atomic mass is 16.3. The van der Waals surface area contributed by atoms with Gasteiger partial charge in [0, 0.05) is 11.1 Å². The van der Waals surface area contributed by atoms with E-state index in [1.165, 1.54) is 12.1 Å². The second kappa shape index (κ2) is 5.65. The minimum atomic E-state index is -1.62. The second-order valence-corrected chi connectivity index (χ2v) is 4.18. The maximum atomic E-state index is 12.0. The van der Waals surface area contributed by atoms with Gasteiger partial charge in [-0.1, -0.05) is 48.5 Å². The molecule has 0 fully saturated rings. The smallest absolute Gasteiger partial charge is 0.194 e. The van der Waals surface area contributed by atoms with E-state index in [4.69, 9.17) is 0 Å². The number of para-hydroxylation sites is 1. The predicted octanol–water partition coefficient (Wildman–Crippen LogP) is 1.67. The van der Waals surface area contributed by atoms with Crippen molar-refractivity contribution in [3.05, 3.63) is 65.7 Å². The largest absolute Gasteiger partial charge is 0.508 e. The van der Waals surface area contributed by atoms with E-state index in [9.17, 15) is 20.1 Å². The molecule has 0 aliphatic carbocycles. The molecule has 0 heterocycles. The SMILES string of the molecule is O=C(c1ccccc1)C(O)C(O)c1ccccc1O. The van der Waals surface area contributed by atoms with E-state index in [0.29, 0.717) is 5.56 Å². The van der Waals surface area contributed by atoms with E-state index in [2.05, 4.69) is 0 Å². The van der Waals surface area contributed by atoms with E-state index in [1.54, 1.807) is 42.5 Å². The summed E-state index contributed by atoms with van der Waals surface area (Å²) in [5.74, 6) is -0.744. The van der Waals surface area contributed by atoms with Crippen LogP contribution in [0, 0.1) is 0 Å². The molecule has 0 aromatic heterocycles. The zero-order chi connectivity index (χ0) is 13.8. The maximum absolute atomic E-state index is 12.0. The number of rotatable bonds is 4. The number of hydrogen-bond acceptors (Lipinski definition) is 4. The molecule has 2 aromatic carbocycles. The van der Waals surface area contributed by atoms with Crippen molar-refractivity contribution in [3.63, 3.8) is 0 Å². The Balaban J connectivity index is 2.23. The van der Waals surface area contributed by atoms with Crippen molar-refractivity contribution < 1.29 is 20.1 Å². The van der Waals surface area contributed by atoms with Gasteiger partial charge >= 0.3 is 0 Å². The van der Waals surface area contributed by atoms with E-state index < -0.39 is 18.0 Å². The van der Waals surface area contributed by atoms with Crippen molar-refractivity contribution in [1.82, 2.24) is 0 Å². The second-order valence-electron chi connectivity index (χ2n) is 4.18. The summed E-state index contributed by atoms with van der Waals surface area (Å²) in [6.07, 6.45) is -3.08. The Bertz CT molecular complexity index is 565. The van der Waals surface area contributed by atoms with Gasteiger partial charge in [-0.3, -0.25) is 4.79 Å². The van der Waals surface area contributed by atoms with Crippen LogP contribution in [0.5, 0.6) is 5.75 Å². The molecule has 98 valence electrons. The molecule has 0 spiro atoms. The van der Waals surface area contributed by atoms with Crippen LogP contribution >= 0.6 is 0 Å². The fourth-order valence-electron chi connectivity index (χ4n) is 1.82. The Morgan fingerprint density at radius 3 is 2.11 bits per heavy atom. The number of aliphatic hydroxyl groups is 2. The van der Waals surface area contributed by atoms with Crippen LogP contribution in [0.25, 0.3) is 0 Å². The average Bonchev–Trinajstić information content (AvgIpc) is 2.46. The third-order valence-corrected chi connectivity index (χ3v) is 2.88. The highest BCUT2D eigenvalue weighted by molar-refractivity contribution is 5.99. The van der Waals surface area contributed by atoms with Crippen LogP contribution in [0.2, 0.25) is 0 Å². The van der Waals surface area contributed by atoms with Crippen molar-refractivity contribution in [2.75, 3.05) is 0 Å². The van der Waals surface area contributed by atoms with Gasteiger partial charge < -0.3 is 15.3 Å². The van der Waals surface area contributed by atoms with Gasteiger partial charge in [0.2, 0.25) is 0 Å². The molecule has 0 saturated carbocycles. The molecule has 0 radical (unpaired) electrons. The Labute approximate surface area is 110 Å². The molecule has 2 atom stereocenters. The van der Waals surface area contributed by atoms with E-state index >= 15 is 0 Å². The van der Waals surface area contributed by atoms with E-state index in [0.717, 1.165) is 0 Å². The zero-order valence-corrected chi connectivity index (χ0v) is 10.1. The predicted molar refractivity (Wildman–Crippen MR) is 69.8 cm³/mol. The number of carbonyl (C=O) groups excluding carboxylic acids is 1. The molecule has 2 aromatic rings. The number of phenols is 1. The van der Waals surface area contributed by atoms with Crippen molar-refractivity contribution in [1.29, 1.82) is 0 Å². The number of hydrogen-bond donors (Lipinski definition) is 3. The van der Waals surface area contributed by atoms with Gasteiger partial charge in [0.05, 0.1) is 0 Å². The Morgan fingerprint density at radius 2 is 1.47 bits per heavy atom. The fourth-order valence-corrected chi connectivity index (χ4v) is 1.82. The standard InChI is InChI=1S/C15H14O4/c16-12-9-5-4-8-11(12)14(18)15(19)13(17)10-6-2-1-3-7-10/h1-9,14-16,18-19H. The highest BCUT2D eigenvalue weighted by Crippen LogP contribution is 2.27. The minimum Gasteiger partial charge on any atom is -0.508 e. The van der Waals surface area contributed by atoms with Gasteiger partial charge in [-0.05, 0) is 6.07 Å². The number of ketones is 1. The normalized spacial score (nSPS) is 13.8. The first-order chi connectivity index (χ1) is 9.11. The van der Waals surface area contributed by atoms with Crippen molar-refractivity contribution in [3.8, 4) is 5.75 Å². The lowest BCUT2D eigenvalue weighted by Gasteiger charge is -2.18. The molecule has 4 heteroatoms. The molecule has 2 rings (SSSR count). The van der Waals surface area contributed by atoms with Gasteiger partial charge in [0.25, 0.3) is 0 Å². The van der Waals surface area contributed by atoms with Gasteiger partial charge in [-0.25, -0.2) is 0 Å². The van der Waals surface area contributed by atoms with Crippen LogP contribution in [0.4, 0.5) is 0 Å². The van der Waals surface area contributed by atoms with Crippen molar-refractivity contribution >= 4 is 5.78 Å². The molecule has 0 amide bonds. The lowest BCUT2D eigenvalue weighted by Crippen LogP contribution is -2.28. The summed E-state index contributed by atoms with van der Waals surface area (Å²) < 4.78 is 0. The average molecular weight is 258 g/mol. The zero-order valence-electron chi connectivity index (χ0n) is 10.1. The van der Waals surface area contributed by atoms with Crippen molar-refractivity contribution in [2.45, 2.75) is 12.2 Å².